The van der Waals surface area contributed by atoms with Gasteiger partial charge in [0.05, 0.1) is 5.69 Å². The molecular formula is C30H38N2O3. The molecule has 5 heteroatoms. The molecule has 2 aromatic carbocycles. The fourth-order valence-corrected chi connectivity index (χ4v) is 3.09. The molecule has 0 unspecified atom stereocenters. The first kappa shape index (κ1) is 29.2. The van der Waals surface area contributed by atoms with Crippen LogP contribution in [0.5, 0.6) is 0 Å². The summed E-state index contributed by atoms with van der Waals surface area (Å²) in [6.45, 7) is 14.3. The number of benzene rings is 2. The van der Waals surface area contributed by atoms with Crippen molar-refractivity contribution in [3.05, 3.63) is 113 Å². The third-order valence-electron chi connectivity index (χ3n) is 4.78. The van der Waals surface area contributed by atoms with Gasteiger partial charge >= 0.3 is 5.97 Å². The largest absolute Gasteiger partial charge is 0.480 e. The molecule has 0 radical (unpaired) electrons. The number of hydrogen-bond acceptors (Lipinski definition) is 3. The highest BCUT2D eigenvalue weighted by Gasteiger charge is 2.14. The maximum Gasteiger partial charge on any atom is 0.322 e. The van der Waals surface area contributed by atoms with E-state index in [9.17, 15) is 9.59 Å². The molecule has 2 N–H and O–H groups in total. The summed E-state index contributed by atoms with van der Waals surface area (Å²) < 4.78 is 2.06. The average Bonchev–Trinajstić information content (AvgIpc) is 3.19. The highest BCUT2D eigenvalue weighted by Crippen LogP contribution is 2.16. The number of allylic oxidation sites excluding steroid dienone is 1. The zero-order valence-electron chi connectivity index (χ0n) is 21.5. The van der Waals surface area contributed by atoms with Gasteiger partial charge < -0.3 is 15.0 Å². The number of aryl methyl sites for hydroxylation is 3. The van der Waals surface area contributed by atoms with Crippen molar-refractivity contribution in [2.45, 2.75) is 47.6 Å². The molecule has 5 nitrogen and oxygen atoms in total. The van der Waals surface area contributed by atoms with Gasteiger partial charge in [0.2, 0.25) is 5.78 Å². The van der Waals surface area contributed by atoms with Gasteiger partial charge in [-0.2, -0.15) is 0 Å². The maximum absolute atomic E-state index is 12.8. The maximum atomic E-state index is 12.8. The summed E-state index contributed by atoms with van der Waals surface area (Å²) in [5, 5.41) is 10.3. The van der Waals surface area contributed by atoms with Gasteiger partial charge in [-0.3, -0.25) is 9.59 Å². The van der Waals surface area contributed by atoms with Crippen LogP contribution in [0.4, 0.5) is 0 Å². The molecule has 0 saturated heterocycles. The third kappa shape index (κ3) is 10.7. The standard InChI is InChI=1S/C23H23NO.C4H7NO2.C3H8/c1-17-9-12-21(13-10-17)23(25)22-14-11-19(3)24(22)15-5-8-20-7-4-6-18(2)16-20;1-2-5-3-4(6)7;1-3-2/h4-14,16H,15H2,1-3H3;2,5H,1,3H2,(H,6,7);3H2,1-2H3/b8-5+;;. The first-order valence-corrected chi connectivity index (χ1v) is 11.8. The van der Waals surface area contributed by atoms with Crippen molar-refractivity contribution >= 4 is 17.8 Å². The lowest BCUT2D eigenvalue weighted by Crippen LogP contribution is -2.15. The van der Waals surface area contributed by atoms with Crippen molar-refractivity contribution in [2.75, 3.05) is 6.54 Å². The van der Waals surface area contributed by atoms with E-state index in [-0.39, 0.29) is 12.3 Å². The van der Waals surface area contributed by atoms with Crippen molar-refractivity contribution in [1.29, 1.82) is 0 Å². The van der Waals surface area contributed by atoms with Crippen LogP contribution in [0.25, 0.3) is 6.08 Å². The highest BCUT2D eigenvalue weighted by molar-refractivity contribution is 6.08. The molecule has 1 aromatic heterocycles. The van der Waals surface area contributed by atoms with Crippen LogP contribution in [0, 0.1) is 20.8 Å². The third-order valence-corrected chi connectivity index (χ3v) is 4.78. The fourth-order valence-electron chi connectivity index (χ4n) is 3.09. The molecule has 3 aromatic rings. The quantitative estimate of drug-likeness (QED) is 0.362. The molecule has 0 aliphatic heterocycles. The number of aromatic nitrogens is 1. The number of rotatable bonds is 8. The van der Waals surface area contributed by atoms with Crippen molar-refractivity contribution in [2.24, 2.45) is 0 Å². The van der Waals surface area contributed by atoms with Gasteiger partial charge in [-0.15, -0.1) is 0 Å². The Morgan fingerprint density at radius 3 is 2.17 bits per heavy atom. The monoisotopic (exact) mass is 474 g/mol. The van der Waals surface area contributed by atoms with Crippen LogP contribution >= 0.6 is 0 Å². The smallest absolute Gasteiger partial charge is 0.322 e. The lowest BCUT2D eigenvalue weighted by molar-refractivity contribution is -0.135. The minimum atomic E-state index is -0.875. The Bertz CT molecular complexity index is 1110. The van der Waals surface area contributed by atoms with Crippen LogP contribution in [0.2, 0.25) is 0 Å². The molecule has 3 rings (SSSR count). The van der Waals surface area contributed by atoms with Gasteiger partial charge in [0.15, 0.2) is 0 Å². The fraction of sp³-hybridized carbons (Fsp3) is 0.267. The van der Waals surface area contributed by atoms with Gasteiger partial charge in [0.1, 0.15) is 6.54 Å². The van der Waals surface area contributed by atoms with Gasteiger partial charge in [0, 0.05) is 17.8 Å². The first-order valence-electron chi connectivity index (χ1n) is 11.8. The van der Waals surface area contributed by atoms with Crippen LogP contribution < -0.4 is 5.32 Å². The molecule has 35 heavy (non-hydrogen) atoms. The molecule has 0 atom stereocenters. The SMILES string of the molecule is C=CNCC(=O)O.CCC.Cc1ccc(C(=O)c2ccc(C)n2C/C=C/c2cccc(C)c2)cc1. The Balaban J connectivity index is 0.000000521. The second-order valence-corrected chi connectivity index (χ2v) is 8.17. The van der Waals surface area contributed by atoms with E-state index >= 15 is 0 Å². The number of carboxylic acid groups (broad SMARTS) is 1. The number of carbonyl (C=O) groups is 2. The van der Waals surface area contributed by atoms with Crippen LogP contribution in [0.15, 0.2) is 79.5 Å². The number of carboxylic acids is 1. The van der Waals surface area contributed by atoms with E-state index in [0.29, 0.717) is 6.54 Å². The zero-order valence-corrected chi connectivity index (χ0v) is 21.5. The van der Waals surface area contributed by atoms with Crippen molar-refractivity contribution in [3.63, 3.8) is 0 Å². The number of carbonyl (C=O) groups excluding carboxylic acids is 1. The summed E-state index contributed by atoms with van der Waals surface area (Å²) in [5.74, 6) is -0.808. The second kappa shape index (κ2) is 15.9. The molecule has 0 amide bonds. The van der Waals surface area contributed by atoms with Crippen LogP contribution in [-0.2, 0) is 11.3 Å². The lowest BCUT2D eigenvalue weighted by Gasteiger charge is -2.09. The van der Waals surface area contributed by atoms with E-state index < -0.39 is 5.97 Å². The Morgan fingerprint density at radius 1 is 0.971 bits per heavy atom. The molecular weight excluding hydrogens is 436 g/mol. The van der Waals surface area contributed by atoms with Crippen LogP contribution in [-0.4, -0.2) is 28.0 Å². The summed E-state index contributed by atoms with van der Waals surface area (Å²) in [6.07, 6.45) is 6.80. The predicted molar refractivity (Wildman–Crippen MR) is 146 cm³/mol. The molecule has 186 valence electrons. The Hall–Kier alpha value is -3.86. The van der Waals surface area contributed by atoms with Gasteiger partial charge in [-0.05, 0) is 44.7 Å². The van der Waals surface area contributed by atoms with Gasteiger partial charge in [0.25, 0.3) is 0 Å². The van der Waals surface area contributed by atoms with E-state index in [2.05, 4.69) is 73.7 Å². The zero-order chi connectivity index (χ0) is 26.2. The Labute approximate surface area is 209 Å². The Kier molecular flexibility index (Phi) is 13.2. The van der Waals surface area contributed by atoms with Crippen LogP contribution in [0.1, 0.15) is 58.7 Å². The minimum absolute atomic E-state index is 0.0521. The van der Waals surface area contributed by atoms with Crippen molar-refractivity contribution in [1.82, 2.24) is 9.88 Å². The van der Waals surface area contributed by atoms with Crippen molar-refractivity contribution in [3.8, 4) is 0 Å². The van der Waals surface area contributed by atoms with E-state index in [1.165, 1.54) is 23.7 Å². The number of hydrogen-bond donors (Lipinski definition) is 2. The summed E-state index contributed by atoms with van der Waals surface area (Å²) in [4.78, 5) is 22.5. The lowest BCUT2D eigenvalue weighted by atomic mass is 10.1. The normalized spacial score (nSPS) is 9.97. The van der Waals surface area contributed by atoms with E-state index in [1.54, 1.807) is 0 Å². The van der Waals surface area contributed by atoms with Gasteiger partial charge in [-0.1, -0.05) is 98.7 Å². The average molecular weight is 475 g/mol. The summed E-state index contributed by atoms with van der Waals surface area (Å²) >= 11 is 0. The highest BCUT2D eigenvalue weighted by atomic mass is 16.4. The number of aliphatic carboxylic acids is 1. The number of nitrogens with one attached hydrogen (secondary N) is 1. The van der Waals surface area contributed by atoms with E-state index in [0.717, 1.165) is 22.5 Å². The number of ketones is 1. The van der Waals surface area contributed by atoms with Crippen molar-refractivity contribution < 1.29 is 14.7 Å². The van der Waals surface area contributed by atoms with Crippen LogP contribution in [0.3, 0.4) is 0 Å². The molecule has 0 saturated carbocycles. The molecule has 1 heterocycles. The predicted octanol–water partition coefficient (Wildman–Crippen LogP) is 6.58. The summed E-state index contributed by atoms with van der Waals surface area (Å²) in [5.41, 5.74) is 6.13. The second-order valence-electron chi connectivity index (χ2n) is 8.17. The summed E-state index contributed by atoms with van der Waals surface area (Å²) in [6, 6.07) is 20.0. The molecule has 0 aliphatic rings. The minimum Gasteiger partial charge on any atom is -0.480 e. The first-order chi connectivity index (χ1) is 16.7. The summed E-state index contributed by atoms with van der Waals surface area (Å²) in [7, 11) is 0. The van der Waals surface area contributed by atoms with E-state index in [4.69, 9.17) is 5.11 Å². The molecule has 0 spiro atoms. The van der Waals surface area contributed by atoms with E-state index in [1.807, 2.05) is 50.2 Å². The topological polar surface area (TPSA) is 71.3 Å². The molecule has 0 aliphatic carbocycles. The molecule has 0 bridgehead atoms. The van der Waals surface area contributed by atoms with Gasteiger partial charge in [-0.25, -0.2) is 0 Å². The Morgan fingerprint density at radius 2 is 1.63 bits per heavy atom. The number of nitrogens with zero attached hydrogens (tertiary/aromatic N) is 1. The molecule has 0 fully saturated rings.